The second-order valence-electron chi connectivity index (χ2n) is 3.84. The maximum absolute atomic E-state index is 13.7. The Morgan fingerprint density at radius 1 is 1.00 bits per heavy atom. The first kappa shape index (κ1) is 11.7. The molecular weight excluding hydrogens is 220 g/mol. The lowest BCUT2D eigenvalue weighted by Crippen LogP contribution is -2.04. The van der Waals surface area contributed by atoms with Crippen LogP contribution in [0.15, 0.2) is 42.5 Å². The zero-order valence-corrected chi connectivity index (χ0v) is 9.29. The first-order valence-corrected chi connectivity index (χ1v) is 5.46. The van der Waals surface area contributed by atoms with Crippen LogP contribution in [0.1, 0.15) is 5.56 Å². The number of hydrogen-bond acceptors (Lipinski definition) is 1. The Balaban J connectivity index is 2.53. The van der Waals surface area contributed by atoms with Crippen LogP contribution in [0.25, 0.3) is 11.1 Å². The fraction of sp³-hybridized carbons (Fsp3) is 0.143. The topological polar surface area (TPSA) is 26.0 Å². The minimum Gasteiger partial charge on any atom is -0.330 e. The van der Waals surface area contributed by atoms with Crippen LogP contribution in [0, 0.1) is 11.6 Å². The summed E-state index contributed by atoms with van der Waals surface area (Å²) in [5.74, 6) is -1.63. The van der Waals surface area contributed by atoms with E-state index < -0.39 is 11.6 Å². The summed E-state index contributed by atoms with van der Waals surface area (Å²) < 4.78 is 27.1. The van der Waals surface area contributed by atoms with Gasteiger partial charge in [0.05, 0.1) is 0 Å². The fourth-order valence-corrected chi connectivity index (χ4v) is 1.78. The van der Waals surface area contributed by atoms with Crippen LogP contribution in [-0.4, -0.2) is 6.54 Å². The molecule has 0 saturated heterocycles. The molecule has 2 aromatic rings. The lowest BCUT2D eigenvalue weighted by atomic mass is 10.0. The highest BCUT2D eigenvalue weighted by Gasteiger charge is 2.11. The van der Waals surface area contributed by atoms with E-state index in [0.29, 0.717) is 24.1 Å². The van der Waals surface area contributed by atoms with E-state index in [9.17, 15) is 8.78 Å². The number of nitrogens with two attached hydrogens (primary N) is 1. The van der Waals surface area contributed by atoms with Crippen LogP contribution in [0.4, 0.5) is 8.78 Å². The molecule has 0 aliphatic rings. The Morgan fingerprint density at radius 3 is 2.35 bits per heavy atom. The molecule has 17 heavy (non-hydrogen) atoms. The van der Waals surface area contributed by atoms with E-state index in [0.717, 1.165) is 0 Å². The lowest BCUT2D eigenvalue weighted by molar-refractivity contribution is 0.509. The van der Waals surface area contributed by atoms with E-state index in [2.05, 4.69) is 0 Å². The highest BCUT2D eigenvalue weighted by atomic mass is 19.2. The van der Waals surface area contributed by atoms with Crippen molar-refractivity contribution in [2.45, 2.75) is 6.42 Å². The van der Waals surface area contributed by atoms with Crippen LogP contribution in [0.3, 0.4) is 0 Å². The smallest absolute Gasteiger partial charge is 0.166 e. The van der Waals surface area contributed by atoms with Gasteiger partial charge >= 0.3 is 0 Å². The largest absolute Gasteiger partial charge is 0.330 e. The van der Waals surface area contributed by atoms with Gasteiger partial charge in [0.15, 0.2) is 11.6 Å². The summed E-state index contributed by atoms with van der Waals surface area (Å²) in [4.78, 5) is 0. The van der Waals surface area contributed by atoms with Crippen LogP contribution in [-0.2, 0) is 6.42 Å². The van der Waals surface area contributed by atoms with Gasteiger partial charge in [-0.25, -0.2) is 8.78 Å². The molecule has 1 nitrogen and oxygen atoms in total. The minimum absolute atomic E-state index is 0.286. The average molecular weight is 233 g/mol. The molecule has 0 saturated carbocycles. The molecule has 0 fully saturated rings. The molecule has 3 heteroatoms. The molecule has 0 spiro atoms. The van der Waals surface area contributed by atoms with Gasteiger partial charge in [-0.15, -0.1) is 0 Å². The van der Waals surface area contributed by atoms with Crippen molar-refractivity contribution in [1.82, 2.24) is 0 Å². The molecule has 2 N–H and O–H groups in total. The second-order valence-corrected chi connectivity index (χ2v) is 3.84. The molecule has 0 amide bonds. The van der Waals surface area contributed by atoms with E-state index in [4.69, 9.17) is 5.73 Å². The highest BCUT2D eigenvalue weighted by Crippen LogP contribution is 2.26. The average Bonchev–Trinajstić information content (AvgIpc) is 2.35. The van der Waals surface area contributed by atoms with Crippen molar-refractivity contribution in [2.24, 2.45) is 5.73 Å². The first-order valence-electron chi connectivity index (χ1n) is 5.46. The predicted octanol–water partition coefficient (Wildman–Crippen LogP) is 3.13. The normalized spacial score (nSPS) is 10.5. The van der Waals surface area contributed by atoms with Gasteiger partial charge in [-0.05, 0) is 36.2 Å². The molecule has 0 aliphatic carbocycles. The number of benzene rings is 2. The predicted molar refractivity (Wildman–Crippen MR) is 64.6 cm³/mol. The van der Waals surface area contributed by atoms with Crippen LogP contribution in [0.2, 0.25) is 0 Å². The summed E-state index contributed by atoms with van der Waals surface area (Å²) in [6.45, 7) is 0.416. The molecular formula is C14H13F2N. The highest BCUT2D eigenvalue weighted by molar-refractivity contribution is 5.65. The van der Waals surface area contributed by atoms with Gasteiger partial charge in [-0.1, -0.05) is 30.3 Å². The Labute approximate surface area is 98.9 Å². The molecule has 88 valence electrons. The number of rotatable bonds is 3. The number of hydrogen-bond donors (Lipinski definition) is 1. The first-order chi connectivity index (χ1) is 8.22. The molecule has 0 unspecified atom stereocenters. The van der Waals surface area contributed by atoms with Crippen molar-refractivity contribution < 1.29 is 8.78 Å². The van der Waals surface area contributed by atoms with E-state index in [1.807, 2.05) is 6.07 Å². The van der Waals surface area contributed by atoms with Crippen LogP contribution < -0.4 is 5.73 Å². The molecule has 0 atom stereocenters. The standard InChI is InChI=1S/C14H13F2N/c15-13-9-10(6-7-17)8-12(14(13)16)11-4-2-1-3-5-11/h1-5,8-9H,6-7,17H2. The zero-order chi connectivity index (χ0) is 12.3. The number of halogens is 2. The summed E-state index contributed by atoms with van der Waals surface area (Å²) in [6, 6.07) is 11.8. The third-order valence-electron chi connectivity index (χ3n) is 2.61. The summed E-state index contributed by atoms with van der Waals surface area (Å²) in [5.41, 5.74) is 7.09. The van der Waals surface area contributed by atoms with Crippen molar-refractivity contribution in [3.63, 3.8) is 0 Å². The molecule has 0 heterocycles. The second kappa shape index (κ2) is 5.06. The van der Waals surface area contributed by atoms with Gasteiger partial charge in [-0.3, -0.25) is 0 Å². The van der Waals surface area contributed by atoms with Gasteiger partial charge in [0.1, 0.15) is 0 Å². The summed E-state index contributed by atoms with van der Waals surface area (Å²) in [6.07, 6.45) is 0.539. The SMILES string of the molecule is NCCc1cc(F)c(F)c(-c2ccccc2)c1. The van der Waals surface area contributed by atoms with Crippen molar-refractivity contribution in [3.05, 3.63) is 59.7 Å². The third-order valence-corrected chi connectivity index (χ3v) is 2.61. The van der Waals surface area contributed by atoms with Gasteiger partial charge < -0.3 is 5.73 Å². The van der Waals surface area contributed by atoms with Gasteiger partial charge in [0.2, 0.25) is 0 Å². The van der Waals surface area contributed by atoms with Gasteiger partial charge in [0.25, 0.3) is 0 Å². The van der Waals surface area contributed by atoms with E-state index >= 15 is 0 Å². The lowest BCUT2D eigenvalue weighted by Gasteiger charge is -2.07. The maximum Gasteiger partial charge on any atom is 0.166 e. The van der Waals surface area contributed by atoms with E-state index in [1.165, 1.54) is 6.07 Å². The monoisotopic (exact) mass is 233 g/mol. The van der Waals surface area contributed by atoms with Crippen LogP contribution >= 0.6 is 0 Å². The van der Waals surface area contributed by atoms with Crippen molar-refractivity contribution in [1.29, 1.82) is 0 Å². The van der Waals surface area contributed by atoms with Crippen molar-refractivity contribution in [2.75, 3.05) is 6.54 Å². The van der Waals surface area contributed by atoms with Crippen molar-refractivity contribution >= 4 is 0 Å². The fourth-order valence-electron chi connectivity index (χ4n) is 1.78. The van der Waals surface area contributed by atoms with Crippen LogP contribution in [0.5, 0.6) is 0 Å². The maximum atomic E-state index is 13.7. The molecule has 0 aromatic heterocycles. The Kier molecular flexibility index (Phi) is 3.49. The summed E-state index contributed by atoms with van der Waals surface area (Å²) in [7, 11) is 0. The molecule has 2 aromatic carbocycles. The Hall–Kier alpha value is -1.74. The van der Waals surface area contributed by atoms with E-state index in [1.54, 1.807) is 30.3 Å². The van der Waals surface area contributed by atoms with Gasteiger partial charge in [0, 0.05) is 5.56 Å². The molecule has 0 bridgehead atoms. The minimum atomic E-state index is -0.824. The zero-order valence-electron chi connectivity index (χ0n) is 9.29. The molecule has 0 aliphatic heterocycles. The third kappa shape index (κ3) is 2.50. The molecule has 0 radical (unpaired) electrons. The molecule has 2 rings (SSSR count). The van der Waals surface area contributed by atoms with Gasteiger partial charge in [-0.2, -0.15) is 0 Å². The Bertz CT molecular complexity index is 509. The summed E-state index contributed by atoms with van der Waals surface area (Å²) >= 11 is 0. The summed E-state index contributed by atoms with van der Waals surface area (Å²) in [5, 5.41) is 0. The Morgan fingerprint density at radius 2 is 1.71 bits per heavy atom. The van der Waals surface area contributed by atoms with Crippen molar-refractivity contribution in [3.8, 4) is 11.1 Å². The quantitative estimate of drug-likeness (QED) is 0.866. The van der Waals surface area contributed by atoms with E-state index in [-0.39, 0.29) is 5.56 Å².